The van der Waals surface area contributed by atoms with E-state index in [9.17, 15) is 0 Å². The van der Waals surface area contributed by atoms with Gasteiger partial charge in [-0.25, -0.2) is 0 Å². The van der Waals surface area contributed by atoms with Gasteiger partial charge in [-0.3, -0.25) is 5.32 Å². The number of methoxy groups -OCH3 is 1. The number of anilines is 1. The van der Waals surface area contributed by atoms with Gasteiger partial charge in [-0.2, -0.15) is 0 Å². The normalized spacial score (nSPS) is 21.4. The van der Waals surface area contributed by atoms with E-state index in [0.29, 0.717) is 6.04 Å². The molecule has 1 aliphatic rings. The topological polar surface area (TPSA) is 33.3 Å². The Balaban J connectivity index is 1.87. The minimum atomic E-state index is 0.135. The monoisotopic (exact) mass is 254 g/mol. The second-order valence-corrected chi connectivity index (χ2v) is 4.83. The van der Waals surface area contributed by atoms with Crippen LogP contribution >= 0.6 is 0 Å². The van der Waals surface area contributed by atoms with E-state index < -0.39 is 0 Å². The van der Waals surface area contributed by atoms with Crippen LogP contribution in [0.25, 0.3) is 0 Å². The first-order chi connectivity index (χ1) is 9.28. The van der Waals surface area contributed by atoms with Gasteiger partial charge < -0.3 is 10.1 Å². The number of hydrogen-bond donors (Lipinski definition) is 2. The van der Waals surface area contributed by atoms with Gasteiger partial charge in [0.2, 0.25) is 0 Å². The molecule has 0 bridgehead atoms. The summed E-state index contributed by atoms with van der Waals surface area (Å²) in [4.78, 5) is 0. The fourth-order valence-electron chi connectivity index (χ4n) is 2.52. The first kappa shape index (κ1) is 12.1. The van der Waals surface area contributed by atoms with Crippen LogP contribution in [0.2, 0.25) is 0 Å². The molecule has 2 aromatic carbocycles. The number of rotatable bonds is 2. The van der Waals surface area contributed by atoms with Gasteiger partial charge in [0.25, 0.3) is 0 Å². The van der Waals surface area contributed by atoms with Crippen molar-refractivity contribution >= 4 is 5.69 Å². The lowest BCUT2D eigenvalue weighted by molar-refractivity contribution is 0.414. The molecule has 1 heterocycles. The van der Waals surface area contributed by atoms with Crippen LogP contribution in [0, 0.1) is 0 Å². The summed E-state index contributed by atoms with van der Waals surface area (Å²) in [5.41, 5.74) is 3.73. The minimum absolute atomic E-state index is 0.135. The molecule has 3 heteroatoms. The average Bonchev–Trinajstić information content (AvgIpc) is 2.47. The molecule has 19 heavy (non-hydrogen) atoms. The molecule has 0 aliphatic carbocycles. The zero-order valence-corrected chi connectivity index (χ0v) is 11.2. The second-order valence-electron chi connectivity index (χ2n) is 4.83. The van der Waals surface area contributed by atoms with Crippen LogP contribution in [-0.2, 0) is 0 Å². The molecule has 0 radical (unpaired) electrons. The van der Waals surface area contributed by atoms with E-state index in [-0.39, 0.29) is 6.17 Å². The molecular weight excluding hydrogens is 236 g/mol. The Morgan fingerprint density at radius 1 is 1.00 bits per heavy atom. The summed E-state index contributed by atoms with van der Waals surface area (Å²) in [6, 6.07) is 16.9. The van der Waals surface area contributed by atoms with E-state index in [0.717, 1.165) is 5.75 Å². The summed E-state index contributed by atoms with van der Waals surface area (Å²) in [6.07, 6.45) is 0.135. The fourth-order valence-corrected chi connectivity index (χ4v) is 2.52. The molecule has 2 atom stereocenters. The molecule has 3 rings (SSSR count). The Hall–Kier alpha value is -2.00. The van der Waals surface area contributed by atoms with Crippen LogP contribution in [0.4, 0.5) is 5.69 Å². The van der Waals surface area contributed by atoms with Crippen molar-refractivity contribution in [3.63, 3.8) is 0 Å². The third-order valence-corrected chi connectivity index (χ3v) is 3.59. The van der Waals surface area contributed by atoms with Gasteiger partial charge in [-0.15, -0.1) is 0 Å². The largest absolute Gasteiger partial charge is 0.497 e. The van der Waals surface area contributed by atoms with Gasteiger partial charge in [0.15, 0.2) is 0 Å². The molecule has 0 saturated carbocycles. The van der Waals surface area contributed by atoms with E-state index in [4.69, 9.17) is 4.74 Å². The van der Waals surface area contributed by atoms with Crippen LogP contribution in [-0.4, -0.2) is 7.11 Å². The maximum atomic E-state index is 5.19. The van der Waals surface area contributed by atoms with Crippen LogP contribution in [0.15, 0.2) is 48.5 Å². The maximum absolute atomic E-state index is 5.19. The molecule has 2 N–H and O–H groups in total. The molecule has 1 aliphatic heterocycles. The predicted octanol–water partition coefficient (Wildman–Crippen LogP) is 3.47. The van der Waals surface area contributed by atoms with E-state index in [1.54, 1.807) is 7.11 Å². The summed E-state index contributed by atoms with van der Waals surface area (Å²) >= 11 is 0. The van der Waals surface area contributed by atoms with Crippen molar-refractivity contribution in [3.05, 3.63) is 59.7 Å². The smallest absolute Gasteiger partial charge is 0.118 e. The van der Waals surface area contributed by atoms with Gasteiger partial charge in [-0.1, -0.05) is 30.3 Å². The van der Waals surface area contributed by atoms with Crippen molar-refractivity contribution in [2.75, 3.05) is 12.4 Å². The molecule has 3 nitrogen and oxygen atoms in total. The highest BCUT2D eigenvalue weighted by molar-refractivity contribution is 5.56. The van der Waals surface area contributed by atoms with Crippen LogP contribution in [0.5, 0.6) is 5.75 Å². The molecule has 0 amide bonds. The first-order valence-electron chi connectivity index (χ1n) is 6.53. The highest BCUT2D eigenvalue weighted by atomic mass is 16.5. The number of benzene rings is 2. The number of fused-ring (bicyclic) bond motifs is 1. The lowest BCUT2D eigenvalue weighted by atomic mass is 10.0. The average molecular weight is 254 g/mol. The molecule has 0 spiro atoms. The van der Waals surface area contributed by atoms with Crippen molar-refractivity contribution < 1.29 is 4.74 Å². The molecule has 98 valence electrons. The van der Waals surface area contributed by atoms with E-state index in [1.165, 1.54) is 16.8 Å². The Kier molecular flexibility index (Phi) is 3.13. The second kappa shape index (κ2) is 4.94. The highest BCUT2D eigenvalue weighted by Crippen LogP contribution is 2.32. The van der Waals surface area contributed by atoms with Crippen molar-refractivity contribution in [1.82, 2.24) is 5.32 Å². The summed E-state index contributed by atoms with van der Waals surface area (Å²) < 4.78 is 5.19. The SMILES string of the molecule is COc1ccc([C@H]2Nc3ccccc3[C@H](C)N2)cc1. The Bertz CT molecular complexity index is 565. The number of nitrogens with one attached hydrogen (secondary N) is 2. The third-order valence-electron chi connectivity index (χ3n) is 3.59. The van der Waals surface area contributed by atoms with E-state index in [2.05, 4.69) is 54.0 Å². The standard InChI is InChI=1S/C16H18N2O/c1-11-14-5-3-4-6-15(14)18-16(17-11)12-7-9-13(19-2)10-8-12/h3-11,16-18H,1-2H3/t11-,16+/m0/s1. The zero-order chi connectivity index (χ0) is 13.2. The summed E-state index contributed by atoms with van der Waals surface area (Å²) in [5, 5.41) is 7.10. The summed E-state index contributed by atoms with van der Waals surface area (Å²) in [7, 11) is 1.68. The number of para-hydroxylation sites is 1. The van der Waals surface area contributed by atoms with Gasteiger partial charge in [-0.05, 0) is 36.2 Å². The Labute approximate surface area is 113 Å². The molecule has 0 fully saturated rings. The number of hydrogen-bond acceptors (Lipinski definition) is 3. The Morgan fingerprint density at radius 2 is 1.74 bits per heavy atom. The molecule has 0 saturated heterocycles. The van der Waals surface area contributed by atoms with Crippen LogP contribution in [0.1, 0.15) is 30.3 Å². The van der Waals surface area contributed by atoms with Crippen molar-refractivity contribution in [3.8, 4) is 5.75 Å². The van der Waals surface area contributed by atoms with Gasteiger partial charge in [0.1, 0.15) is 11.9 Å². The quantitative estimate of drug-likeness (QED) is 0.861. The van der Waals surface area contributed by atoms with E-state index in [1.807, 2.05) is 12.1 Å². The van der Waals surface area contributed by atoms with Crippen LogP contribution < -0.4 is 15.4 Å². The first-order valence-corrected chi connectivity index (χ1v) is 6.53. The lowest BCUT2D eigenvalue weighted by Crippen LogP contribution is -2.35. The summed E-state index contributed by atoms with van der Waals surface area (Å²) in [5.74, 6) is 0.882. The fraction of sp³-hybridized carbons (Fsp3) is 0.250. The minimum Gasteiger partial charge on any atom is -0.497 e. The third kappa shape index (κ3) is 2.29. The molecule has 2 aromatic rings. The van der Waals surface area contributed by atoms with Gasteiger partial charge in [0.05, 0.1) is 7.11 Å². The maximum Gasteiger partial charge on any atom is 0.118 e. The highest BCUT2D eigenvalue weighted by Gasteiger charge is 2.22. The van der Waals surface area contributed by atoms with Crippen LogP contribution in [0.3, 0.4) is 0 Å². The number of ether oxygens (including phenoxy) is 1. The van der Waals surface area contributed by atoms with Gasteiger partial charge >= 0.3 is 0 Å². The van der Waals surface area contributed by atoms with Crippen molar-refractivity contribution in [2.24, 2.45) is 0 Å². The van der Waals surface area contributed by atoms with E-state index >= 15 is 0 Å². The van der Waals surface area contributed by atoms with Crippen molar-refractivity contribution in [1.29, 1.82) is 0 Å². The summed E-state index contributed by atoms with van der Waals surface area (Å²) in [6.45, 7) is 2.19. The van der Waals surface area contributed by atoms with Crippen molar-refractivity contribution in [2.45, 2.75) is 19.1 Å². The molecular formula is C16H18N2O. The molecule has 0 aromatic heterocycles. The lowest BCUT2D eigenvalue weighted by Gasteiger charge is -2.33. The van der Waals surface area contributed by atoms with Gasteiger partial charge in [0, 0.05) is 11.7 Å². The Morgan fingerprint density at radius 3 is 2.47 bits per heavy atom. The molecule has 0 unspecified atom stereocenters. The predicted molar refractivity (Wildman–Crippen MR) is 77.4 cm³/mol. The zero-order valence-electron chi connectivity index (χ0n) is 11.2.